The zero-order valence-corrected chi connectivity index (χ0v) is 9.17. The van der Waals surface area contributed by atoms with E-state index in [-0.39, 0.29) is 13.1 Å². The van der Waals surface area contributed by atoms with Gasteiger partial charge in [-0.05, 0) is 6.42 Å². The molecule has 1 unspecified atom stereocenters. The Balaban J connectivity index is 2.80. The van der Waals surface area contributed by atoms with Crippen molar-refractivity contribution in [2.45, 2.75) is 12.6 Å². The maximum Gasteiger partial charge on any atom is 0.406 e. The Morgan fingerprint density at radius 1 is 1.47 bits per heavy atom. The number of carbonyl (C=O) groups is 2. The Morgan fingerprint density at radius 3 is 2.41 bits per heavy atom. The maximum absolute atomic E-state index is 12.8. The fourth-order valence-corrected chi connectivity index (χ4v) is 1.83. The van der Waals surface area contributed by atoms with Crippen LogP contribution in [0.15, 0.2) is 0 Å². The van der Waals surface area contributed by atoms with E-state index in [1.54, 1.807) is 0 Å². The Hall–Kier alpha value is -1.31. The number of hydrogen-bond acceptors (Lipinski definition) is 3. The van der Waals surface area contributed by atoms with Crippen LogP contribution in [0.25, 0.3) is 0 Å². The lowest BCUT2D eigenvalue weighted by molar-refractivity contribution is -0.227. The number of nitrogens with one attached hydrogen (secondary N) is 1. The van der Waals surface area contributed by atoms with E-state index in [1.165, 1.54) is 11.9 Å². The molecule has 0 bridgehead atoms. The summed E-state index contributed by atoms with van der Waals surface area (Å²) in [7, 11) is 1.37. The predicted molar refractivity (Wildman–Crippen MR) is 51.2 cm³/mol. The Labute approximate surface area is 95.6 Å². The fourth-order valence-electron chi connectivity index (χ4n) is 1.83. The molecule has 1 atom stereocenters. The molecule has 1 fully saturated rings. The van der Waals surface area contributed by atoms with E-state index in [4.69, 9.17) is 5.11 Å². The standard InChI is InChI=1S/C9H13F3N2O3/c1-13-6(15)4-14-3-2-8(5-14,7(16)17)9(10,11)12/h2-5H2,1H3,(H,13,15)(H,16,17). The second-order valence-corrected chi connectivity index (χ2v) is 4.02. The van der Waals surface area contributed by atoms with Crippen molar-refractivity contribution in [2.75, 3.05) is 26.7 Å². The minimum absolute atomic E-state index is 0.0563. The highest BCUT2D eigenvalue weighted by molar-refractivity contribution is 5.79. The summed E-state index contributed by atoms with van der Waals surface area (Å²) in [6.45, 7) is -0.958. The van der Waals surface area contributed by atoms with Gasteiger partial charge in [0.2, 0.25) is 5.91 Å². The lowest BCUT2D eigenvalue weighted by atomic mass is 9.86. The first-order chi connectivity index (χ1) is 7.73. The van der Waals surface area contributed by atoms with Crippen LogP contribution in [0.1, 0.15) is 6.42 Å². The number of carbonyl (C=O) groups excluding carboxylic acids is 1. The minimum Gasteiger partial charge on any atom is -0.481 e. The van der Waals surface area contributed by atoms with Crippen molar-refractivity contribution in [3.63, 3.8) is 0 Å². The number of alkyl halides is 3. The molecule has 0 aliphatic carbocycles. The van der Waals surface area contributed by atoms with Crippen molar-refractivity contribution in [2.24, 2.45) is 5.41 Å². The van der Waals surface area contributed by atoms with Gasteiger partial charge in [0.1, 0.15) is 0 Å². The van der Waals surface area contributed by atoms with Gasteiger partial charge in [-0.25, -0.2) is 0 Å². The molecule has 1 saturated heterocycles. The normalized spacial score (nSPS) is 25.9. The van der Waals surface area contributed by atoms with Crippen LogP contribution >= 0.6 is 0 Å². The summed E-state index contributed by atoms with van der Waals surface area (Å²) < 4.78 is 38.3. The van der Waals surface area contributed by atoms with Crippen LogP contribution < -0.4 is 5.32 Å². The van der Waals surface area contributed by atoms with Gasteiger partial charge in [-0.2, -0.15) is 13.2 Å². The highest BCUT2D eigenvalue weighted by Gasteiger charge is 2.63. The van der Waals surface area contributed by atoms with E-state index in [0.29, 0.717) is 0 Å². The summed E-state index contributed by atoms with van der Waals surface area (Å²) >= 11 is 0. The largest absolute Gasteiger partial charge is 0.481 e. The van der Waals surface area contributed by atoms with Crippen LogP contribution in [-0.2, 0) is 9.59 Å². The summed E-state index contributed by atoms with van der Waals surface area (Å²) in [5.41, 5.74) is -2.75. The van der Waals surface area contributed by atoms with Gasteiger partial charge >= 0.3 is 12.1 Å². The highest BCUT2D eigenvalue weighted by atomic mass is 19.4. The molecule has 1 rings (SSSR count). The van der Waals surface area contributed by atoms with Crippen LogP contribution in [-0.4, -0.2) is 54.7 Å². The average molecular weight is 254 g/mol. The molecule has 0 radical (unpaired) electrons. The molecule has 1 aliphatic heterocycles. The lowest BCUT2D eigenvalue weighted by Gasteiger charge is -2.27. The molecule has 5 nitrogen and oxygen atoms in total. The molecule has 0 aromatic carbocycles. The molecule has 0 saturated carbocycles. The molecule has 0 aromatic rings. The van der Waals surface area contributed by atoms with Gasteiger partial charge in [0.25, 0.3) is 0 Å². The first kappa shape index (κ1) is 13.8. The number of carboxylic acids is 1. The smallest absolute Gasteiger partial charge is 0.406 e. The first-order valence-corrected chi connectivity index (χ1v) is 4.96. The van der Waals surface area contributed by atoms with Crippen LogP contribution in [0.5, 0.6) is 0 Å². The van der Waals surface area contributed by atoms with E-state index in [2.05, 4.69) is 5.32 Å². The first-order valence-electron chi connectivity index (χ1n) is 4.96. The number of halogens is 3. The van der Waals surface area contributed by atoms with Crippen LogP contribution in [0.2, 0.25) is 0 Å². The third-order valence-corrected chi connectivity index (χ3v) is 2.95. The molecular weight excluding hydrogens is 241 g/mol. The van der Waals surface area contributed by atoms with Gasteiger partial charge in [0.05, 0.1) is 6.54 Å². The number of nitrogens with zero attached hydrogens (tertiary/aromatic N) is 1. The second-order valence-electron chi connectivity index (χ2n) is 4.02. The van der Waals surface area contributed by atoms with E-state index in [9.17, 15) is 22.8 Å². The lowest BCUT2D eigenvalue weighted by Crippen LogP contribution is -2.47. The summed E-state index contributed by atoms with van der Waals surface area (Å²) in [5.74, 6) is -2.32. The van der Waals surface area contributed by atoms with E-state index in [0.717, 1.165) is 0 Å². The number of aliphatic carboxylic acids is 1. The van der Waals surface area contributed by atoms with Crippen molar-refractivity contribution in [1.82, 2.24) is 10.2 Å². The van der Waals surface area contributed by atoms with E-state index < -0.39 is 36.4 Å². The zero-order chi connectivity index (χ0) is 13.3. The van der Waals surface area contributed by atoms with Crippen molar-refractivity contribution >= 4 is 11.9 Å². The van der Waals surface area contributed by atoms with Crippen LogP contribution in [0, 0.1) is 5.41 Å². The van der Waals surface area contributed by atoms with Crippen molar-refractivity contribution in [1.29, 1.82) is 0 Å². The molecule has 0 aromatic heterocycles. The zero-order valence-electron chi connectivity index (χ0n) is 9.17. The molecule has 8 heteroatoms. The molecule has 1 amide bonds. The van der Waals surface area contributed by atoms with Crippen LogP contribution in [0.4, 0.5) is 13.2 Å². The van der Waals surface area contributed by atoms with Gasteiger partial charge in [-0.3, -0.25) is 14.5 Å². The third-order valence-electron chi connectivity index (χ3n) is 2.95. The number of likely N-dealkylation sites (N-methyl/N-ethyl adjacent to an activating group) is 1. The topological polar surface area (TPSA) is 69.6 Å². The maximum atomic E-state index is 12.8. The highest BCUT2D eigenvalue weighted by Crippen LogP contribution is 2.45. The van der Waals surface area contributed by atoms with Crippen molar-refractivity contribution in [3.8, 4) is 0 Å². The monoisotopic (exact) mass is 254 g/mol. The summed E-state index contributed by atoms with van der Waals surface area (Å²) in [6.07, 6.45) is -5.33. The second kappa shape index (κ2) is 4.52. The van der Waals surface area contributed by atoms with E-state index in [1.807, 2.05) is 0 Å². The quantitative estimate of drug-likeness (QED) is 0.748. The predicted octanol–water partition coefficient (Wildman–Crippen LogP) is 0.0714. The van der Waals surface area contributed by atoms with Crippen molar-refractivity contribution in [3.05, 3.63) is 0 Å². The molecule has 17 heavy (non-hydrogen) atoms. The third kappa shape index (κ3) is 2.51. The van der Waals surface area contributed by atoms with Crippen LogP contribution in [0.3, 0.4) is 0 Å². The molecule has 0 spiro atoms. The van der Waals surface area contributed by atoms with Gasteiger partial charge < -0.3 is 10.4 Å². The Kier molecular flexibility index (Phi) is 3.65. The van der Waals surface area contributed by atoms with Crippen molar-refractivity contribution < 1.29 is 27.9 Å². The van der Waals surface area contributed by atoms with Gasteiger partial charge in [0, 0.05) is 20.1 Å². The van der Waals surface area contributed by atoms with E-state index >= 15 is 0 Å². The molecule has 98 valence electrons. The fraction of sp³-hybridized carbons (Fsp3) is 0.778. The molecule has 1 aliphatic rings. The molecular formula is C9H13F3N2O3. The number of likely N-dealkylation sites (tertiary alicyclic amines) is 1. The summed E-state index contributed by atoms with van der Waals surface area (Å²) in [5, 5.41) is 11.0. The number of hydrogen-bond donors (Lipinski definition) is 2. The van der Waals surface area contributed by atoms with Gasteiger partial charge in [-0.15, -0.1) is 0 Å². The Morgan fingerprint density at radius 2 is 2.06 bits per heavy atom. The molecule has 1 heterocycles. The number of amides is 1. The van der Waals surface area contributed by atoms with Gasteiger partial charge in [-0.1, -0.05) is 0 Å². The summed E-state index contributed by atoms with van der Waals surface area (Å²) in [4.78, 5) is 23.0. The average Bonchev–Trinajstić information content (AvgIpc) is 2.62. The molecule has 2 N–H and O–H groups in total. The van der Waals surface area contributed by atoms with Gasteiger partial charge in [0.15, 0.2) is 5.41 Å². The SMILES string of the molecule is CNC(=O)CN1CCC(C(=O)O)(C(F)(F)F)C1. The summed E-state index contributed by atoms with van der Waals surface area (Å²) in [6, 6.07) is 0. The minimum atomic E-state index is -4.81. The Bertz CT molecular complexity index is 332. The number of rotatable bonds is 3. The number of carboxylic acid groups (broad SMARTS) is 1.